The standard InChI is InChI=1S/C9H13N3O/c10-9-7(2-1-3-12-9)8-6-13-5-4-11-8/h1-3,8,11H,4-6H2,(H2,10,12)/t8-/m1/s1. The van der Waals surface area contributed by atoms with E-state index in [-0.39, 0.29) is 6.04 Å². The molecule has 2 heterocycles. The molecule has 0 saturated carbocycles. The number of aromatic nitrogens is 1. The Hall–Kier alpha value is -1.13. The Morgan fingerprint density at radius 2 is 2.54 bits per heavy atom. The van der Waals surface area contributed by atoms with Crippen molar-refractivity contribution in [2.45, 2.75) is 6.04 Å². The van der Waals surface area contributed by atoms with Gasteiger partial charge < -0.3 is 15.8 Å². The van der Waals surface area contributed by atoms with Gasteiger partial charge in [-0.2, -0.15) is 0 Å². The van der Waals surface area contributed by atoms with Crippen LogP contribution in [0.5, 0.6) is 0 Å². The zero-order valence-corrected chi connectivity index (χ0v) is 7.36. The largest absolute Gasteiger partial charge is 0.383 e. The smallest absolute Gasteiger partial charge is 0.128 e. The summed E-state index contributed by atoms with van der Waals surface area (Å²) in [6.07, 6.45) is 1.70. The van der Waals surface area contributed by atoms with Crippen LogP contribution in [0.4, 0.5) is 5.82 Å². The minimum atomic E-state index is 0.197. The summed E-state index contributed by atoms with van der Waals surface area (Å²) in [5.74, 6) is 0.588. The van der Waals surface area contributed by atoms with Crippen molar-refractivity contribution >= 4 is 5.82 Å². The second kappa shape index (κ2) is 3.72. The highest BCUT2D eigenvalue weighted by atomic mass is 16.5. The monoisotopic (exact) mass is 179 g/mol. The Kier molecular flexibility index (Phi) is 2.42. The zero-order chi connectivity index (χ0) is 9.10. The Morgan fingerprint density at radius 3 is 3.23 bits per heavy atom. The SMILES string of the molecule is Nc1ncccc1[C@H]1COCCN1. The molecular weight excluding hydrogens is 166 g/mol. The highest BCUT2D eigenvalue weighted by Crippen LogP contribution is 2.19. The number of nitrogens with two attached hydrogens (primary N) is 1. The summed E-state index contributed by atoms with van der Waals surface area (Å²) in [6.45, 7) is 2.32. The van der Waals surface area contributed by atoms with Crippen LogP contribution >= 0.6 is 0 Å². The lowest BCUT2D eigenvalue weighted by Gasteiger charge is -2.24. The van der Waals surface area contributed by atoms with Gasteiger partial charge in [-0.3, -0.25) is 0 Å². The first-order chi connectivity index (χ1) is 6.38. The van der Waals surface area contributed by atoms with Gasteiger partial charge in [-0.1, -0.05) is 6.07 Å². The summed E-state index contributed by atoms with van der Waals surface area (Å²) < 4.78 is 5.35. The summed E-state index contributed by atoms with van der Waals surface area (Å²) in [5.41, 5.74) is 6.77. The van der Waals surface area contributed by atoms with Gasteiger partial charge in [0.15, 0.2) is 0 Å². The van der Waals surface area contributed by atoms with Gasteiger partial charge in [0.25, 0.3) is 0 Å². The van der Waals surface area contributed by atoms with E-state index in [1.165, 1.54) is 0 Å². The van der Waals surface area contributed by atoms with Gasteiger partial charge in [-0.05, 0) is 6.07 Å². The fraction of sp³-hybridized carbons (Fsp3) is 0.444. The van der Waals surface area contributed by atoms with Crippen LogP contribution < -0.4 is 11.1 Å². The molecular formula is C9H13N3O. The van der Waals surface area contributed by atoms with Crippen LogP contribution in [0.2, 0.25) is 0 Å². The van der Waals surface area contributed by atoms with Crippen molar-refractivity contribution in [3.05, 3.63) is 23.9 Å². The fourth-order valence-electron chi connectivity index (χ4n) is 1.49. The van der Waals surface area contributed by atoms with E-state index in [1.807, 2.05) is 12.1 Å². The highest BCUT2D eigenvalue weighted by Gasteiger charge is 2.17. The molecule has 4 heteroatoms. The molecule has 4 nitrogen and oxygen atoms in total. The normalized spacial score (nSPS) is 22.9. The Balaban J connectivity index is 2.18. The molecule has 0 unspecified atom stereocenters. The summed E-state index contributed by atoms with van der Waals surface area (Å²) in [6, 6.07) is 4.07. The third kappa shape index (κ3) is 1.79. The van der Waals surface area contributed by atoms with Crippen molar-refractivity contribution in [3.63, 3.8) is 0 Å². The number of nitrogen functional groups attached to an aromatic ring is 1. The van der Waals surface area contributed by atoms with E-state index in [2.05, 4.69) is 10.3 Å². The van der Waals surface area contributed by atoms with Crippen molar-refractivity contribution in [1.29, 1.82) is 0 Å². The van der Waals surface area contributed by atoms with Gasteiger partial charge in [0.05, 0.1) is 19.3 Å². The van der Waals surface area contributed by atoms with Crippen LogP contribution in [0.15, 0.2) is 18.3 Å². The van der Waals surface area contributed by atoms with E-state index < -0.39 is 0 Å². The molecule has 1 aliphatic rings. The Labute approximate surface area is 77.1 Å². The van der Waals surface area contributed by atoms with E-state index in [4.69, 9.17) is 10.5 Å². The zero-order valence-electron chi connectivity index (χ0n) is 7.36. The molecule has 1 saturated heterocycles. The molecule has 1 aliphatic heterocycles. The van der Waals surface area contributed by atoms with E-state index in [0.717, 1.165) is 18.7 Å². The maximum Gasteiger partial charge on any atom is 0.128 e. The van der Waals surface area contributed by atoms with Gasteiger partial charge in [-0.25, -0.2) is 4.98 Å². The number of morpholine rings is 1. The molecule has 1 aromatic heterocycles. The average Bonchev–Trinajstić information content (AvgIpc) is 2.20. The average molecular weight is 179 g/mol. The first kappa shape index (κ1) is 8.47. The fourth-order valence-corrected chi connectivity index (χ4v) is 1.49. The lowest BCUT2D eigenvalue weighted by atomic mass is 10.1. The van der Waals surface area contributed by atoms with Crippen molar-refractivity contribution in [2.24, 2.45) is 0 Å². The molecule has 0 spiro atoms. The number of anilines is 1. The molecule has 0 bridgehead atoms. The predicted molar refractivity (Wildman–Crippen MR) is 50.2 cm³/mol. The van der Waals surface area contributed by atoms with Crippen LogP contribution in [0.25, 0.3) is 0 Å². The van der Waals surface area contributed by atoms with Crippen molar-refractivity contribution in [1.82, 2.24) is 10.3 Å². The van der Waals surface area contributed by atoms with Gasteiger partial charge in [-0.15, -0.1) is 0 Å². The van der Waals surface area contributed by atoms with Gasteiger partial charge in [0.1, 0.15) is 5.82 Å². The van der Waals surface area contributed by atoms with Gasteiger partial charge in [0.2, 0.25) is 0 Å². The van der Waals surface area contributed by atoms with E-state index >= 15 is 0 Å². The lowest BCUT2D eigenvalue weighted by Crippen LogP contribution is -2.35. The number of rotatable bonds is 1. The maximum atomic E-state index is 5.74. The van der Waals surface area contributed by atoms with Gasteiger partial charge in [0, 0.05) is 18.3 Å². The number of hydrogen-bond donors (Lipinski definition) is 2. The van der Waals surface area contributed by atoms with Crippen LogP contribution in [-0.4, -0.2) is 24.7 Å². The number of nitrogens with zero attached hydrogens (tertiary/aromatic N) is 1. The summed E-state index contributed by atoms with van der Waals surface area (Å²) >= 11 is 0. The number of pyridine rings is 1. The Morgan fingerprint density at radius 1 is 1.62 bits per heavy atom. The molecule has 1 fully saturated rings. The van der Waals surface area contributed by atoms with E-state index in [9.17, 15) is 0 Å². The highest BCUT2D eigenvalue weighted by molar-refractivity contribution is 5.40. The summed E-state index contributed by atoms with van der Waals surface area (Å²) in [4.78, 5) is 4.04. The first-order valence-corrected chi connectivity index (χ1v) is 4.39. The topological polar surface area (TPSA) is 60.2 Å². The molecule has 1 atom stereocenters. The third-order valence-electron chi connectivity index (χ3n) is 2.17. The molecule has 0 amide bonds. The number of ether oxygens (including phenoxy) is 1. The molecule has 0 aromatic carbocycles. The first-order valence-electron chi connectivity index (χ1n) is 4.39. The minimum Gasteiger partial charge on any atom is -0.383 e. The molecule has 2 rings (SSSR count). The number of hydrogen-bond acceptors (Lipinski definition) is 4. The maximum absolute atomic E-state index is 5.74. The second-order valence-electron chi connectivity index (χ2n) is 3.06. The quantitative estimate of drug-likeness (QED) is 0.652. The number of nitrogens with one attached hydrogen (secondary N) is 1. The van der Waals surface area contributed by atoms with Crippen molar-refractivity contribution < 1.29 is 4.74 Å². The van der Waals surface area contributed by atoms with Gasteiger partial charge >= 0.3 is 0 Å². The second-order valence-corrected chi connectivity index (χ2v) is 3.06. The van der Waals surface area contributed by atoms with E-state index in [1.54, 1.807) is 6.20 Å². The lowest BCUT2D eigenvalue weighted by molar-refractivity contribution is 0.0770. The molecule has 0 aliphatic carbocycles. The van der Waals surface area contributed by atoms with E-state index in [0.29, 0.717) is 12.4 Å². The molecule has 1 aromatic rings. The van der Waals surface area contributed by atoms with Crippen molar-refractivity contribution in [2.75, 3.05) is 25.5 Å². The third-order valence-corrected chi connectivity index (χ3v) is 2.17. The summed E-state index contributed by atoms with van der Waals surface area (Å²) in [5, 5.41) is 3.33. The van der Waals surface area contributed by atoms with Crippen LogP contribution in [0.3, 0.4) is 0 Å². The van der Waals surface area contributed by atoms with Crippen molar-refractivity contribution in [3.8, 4) is 0 Å². The van der Waals surface area contributed by atoms with Crippen LogP contribution in [0, 0.1) is 0 Å². The van der Waals surface area contributed by atoms with Crippen LogP contribution in [-0.2, 0) is 4.74 Å². The van der Waals surface area contributed by atoms with Crippen LogP contribution in [0.1, 0.15) is 11.6 Å². The minimum absolute atomic E-state index is 0.197. The molecule has 70 valence electrons. The predicted octanol–water partition coefficient (Wildman–Crippen LogP) is 0.325. The summed E-state index contributed by atoms with van der Waals surface area (Å²) in [7, 11) is 0. The molecule has 3 N–H and O–H groups in total. The molecule has 13 heavy (non-hydrogen) atoms. The Bertz CT molecular complexity index is 284. The molecule has 0 radical (unpaired) electrons.